The van der Waals surface area contributed by atoms with Crippen molar-refractivity contribution in [3.05, 3.63) is 21.0 Å². The van der Waals surface area contributed by atoms with Gasteiger partial charge in [0, 0.05) is 19.6 Å². The van der Waals surface area contributed by atoms with Crippen LogP contribution in [0.3, 0.4) is 0 Å². The topological polar surface area (TPSA) is 63.7 Å². The van der Waals surface area contributed by atoms with E-state index in [1.165, 1.54) is 0 Å². The SMILES string of the molecule is NCC(NN1CCOCC1)c1cc(Br)c(Br)o1. The maximum atomic E-state index is 5.77. The summed E-state index contributed by atoms with van der Waals surface area (Å²) in [5.41, 5.74) is 9.13. The largest absolute Gasteiger partial charge is 0.451 e. The minimum atomic E-state index is -0.0179. The van der Waals surface area contributed by atoms with Gasteiger partial charge in [0.15, 0.2) is 4.67 Å². The first kappa shape index (κ1) is 13.5. The third-order valence-corrected chi connectivity index (χ3v) is 4.30. The molecule has 0 saturated carbocycles. The summed E-state index contributed by atoms with van der Waals surface area (Å²) in [4.78, 5) is 0. The van der Waals surface area contributed by atoms with E-state index in [9.17, 15) is 0 Å². The molecule has 1 aromatic rings. The van der Waals surface area contributed by atoms with Gasteiger partial charge in [-0.05, 0) is 37.9 Å². The van der Waals surface area contributed by atoms with Crippen molar-refractivity contribution < 1.29 is 9.15 Å². The Morgan fingerprint density at radius 3 is 2.65 bits per heavy atom. The fraction of sp³-hybridized carbons (Fsp3) is 0.600. The maximum absolute atomic E-state index is 5.77. The van der Waals surface area contributed by atoms with Crippen molar-refractivity contribution in [1.29, 1.82) is 0 Å². The first-order valence-corrected chi connectivity index (χ1v) is 7.03. The third-order valence-electron chi connectivity index (χ3n) is 2.59. The van der Waals surface area contributed by atoms with Crippen molar-refractivity contribution in [2.75, 3.05) is 32.8 Å². The van der Waals surface area contributed by atoms with Gasteiger partial charge in [0.1, 0.15) is 5.76 Å². The summed E-state index contributed by atoms with van der Waals surface area (Å²) in [6.07, 6.45) is 0. The van der Waals surface area contributed by atoms with Crippen LogP contribution >= 0.6 is 31.9 Å². The van der Waals surface area contributed by atoms with Gasteiger partial charge in [0.05, 0.1) is 23.7 Å². The lowest BCUT2D eigenvalue weighted by Gasteiger charge is -2.30. The molecule has 0 aliphatic carbocycles. The molecule has 1 aliphatic heterocycles. The Bertz CT molecular complexity index is 347. The van der Waals surface area contributed by atoms with Gasteiger partial charge in [-0.3, -0.25) is 0 Å². The van der Waals surface area contributed by atoms with Crippen LogP contribution < -0.4 is 11.2 Å². The van der Waals surface area contributed by atoms with Crippen molar-refractivity contribution in [3.8, 4) is 0 Å². The number of hydrogen-bond acceptors (Lipinski definition) is 5. The monoisotopic (exact) mass is 367 g/mol. The van der Waals surface area contributed by atoms with Crippen LogP contribution in [0.1, 0.15) is 11.8 Å². The molecule has 1 atom stereocenters. The van der Waals surface area contributed by atoms with Crippen LogP contribution in [0.15, 0.2) is 19.6 Å². The predicted molar refractivity (Wildman–Crippen MR) is 71.4 cm³/mol. The minimum Gasteiger partial charge on any atom is -0.451 e. The molecule has 3 N–H and O–H groups in total. The van der Waals surface area contributed by atoms with Crippen molar-refractivity contribution >= 4 is 31.9 Å². The number of morpholine rings is 1. The summed E-state index contributed by atoms with van der Waals surface area (Å²) in [5.74, 6) is 0.817. The molecule has 1 aromatic heterocycles. The highest BCUT2D eigenvalue weighted by molar-refractivity contribution is 9.13. The molecule has 17 heavy (non-hydrogen) atoms. The Balaban J connectivity index is 2.00. The van der Waals surface area contributed by atoms with Crippen LogP contribution in [0.5, 0.6) is 0 Å². The second kappa shape index (κ2) is 6.31. The van der Waals surface area contributed by atoms with Crippen molar-refractivity contribution in [2.24, 2.45) is 5.73 Å². The van der Waals surface area contributed by atoms with Crippen LogP contribution in [-0.4, -0.2) is 37.9 Å². The first-order chi connectivity index (χ1) is 8.20. The Hall–Kier alpha value is 0.0800. The Labute approximate surface area is 117 Å². The van der Waals surface area contributed by atoms with Gasteiger partial charge < -0.3 is 14.9 Å². The van der Waals surface area contributed by atoms with Crippen LogP contribution in [-0.2, 0) is 4.74 Å². The molecule has 1 unspecified atom stereocenters. The molecule has 2 heterocycles. The summed E-state index contributed by atoms with van der Waals surface area (Å²) < 4.78 is 12.5. The van der Waals surface area contributed by atoms with Crippen LogP contribution in [0, 0.1) is 0 Å². The number of halogens is 2. The predicted octanol–water partition coefficient (Wildman–Crippen LogP) is 1.64. The molecular formula is C10H15Br2N3O2. The average molecular weight is 369 g/mol. The van der Waals surface area contributed by atoms with Crippen molar-refractivity contribution in [1.82, 2.24) is 10.4 Å². The smallest absolute Gasteiger partial charge is 0.183 e. The zero-order chi connectivity index (χ0) is 12.3. The van der Waals surface area contributed by atoms with Gasteiger partial charge >= 0.3 is 0 Å². The van der Waals surface area contributed by atoms with E-state index in [1.54, 1.807) is 0 Å². The highest BCUT2D eigenvalue weighted by Crippen LogP contribution is 2.29. The zero-order valence-corrected chi connectivity index (χ0v) is 12.5. The summed E-state index contributed by atoms with van der Waals surface area (Å²) in [7, 11) is 0. The average Bonchev–Trinajstić information content (AvgIpc) is 2.68. The summed E-state index contributed by atoms with van der Waals surface area (Å²) in [6, 6.07) is 1.91. The first-order valence-electron chi connectivity index (χ1n) is 5.44. The molecule has 0 bridgehead atoms. The number of hydrazine groups is 1. The van der Waals surface area contributed by atoms with Crippen LogP contribution in [0.4, 0.5) is 0 Å². The molecule has 5 nitrogen and oxygen atoms in total. The summed E-state index contributed by atoms with van der Waals surface area (Å²) >= 11 is 6.72. The standard InChI is InChI=1S/C10H15Br2N3O2/c11-7-5-9(17-10(7)12)8(6-13)14-15-1-3-16-4-2-15/h5,8,14H,1-4,6,13H2. The highest BCUT2D eigenvalue weighted by atomic mass is 79.9. The zero-order valence-electron chi connectivity index (χ0n) is 9.29. The van der Waals surface area contributed by atoms with Crippen LogP contribution in [0.2, 0.25) is 0 Å². The molecule has 0 amide bonds. The minimum absolute atomic E-state index is 0.0179. The van der Waals surface area contributed by atoms with Gasteiger partial charge in [0.25, 0.3) is 0 Å². The summed E-state index contributed by atoms with van der Waals surface area (Å²) in [6.45, 7) is 3.69. The quantitative estimate of drug-likeness (QED) is 0.845. The molecule has 0 aromatic carbocycles. The van der Waals surface area contributed by atoms with E-state index in [2.05, 4.69) is 42.3 Å². The second-order valence-corrected chi connectivity index (χ2v) is 5.36. The number of nitrogens with two attached hydrogens (primary N) is 1. The Morgan fingerprint density at radius 1 is 1.41 bits per heavy atom. The molecule has 1 saturated heterocycles. The van der Waals surface area contributed by atoms with Crippen molar-refractivity contribution in [2.45, 2.75) is 6.04 Å². The van der Waals surface area contributed by atoms with E-state index >= 15 is 0 Å². The Kier molecular flexibility index (Phi) is 5.01. The molecule has 0 spiro atoms. The lowest BCUT2D eigenvalue weighted by atomic mass is 10.2. The van der Waals surface area contributed by atoms with Gasteiger partial charge in [-0.2, -0.15) is 0 Å². The summed E-state index contributed by atoms with van der Waals surface area (Å²) in [5, 5.41) is 2.12. The van der Waals surface area contributed by atoms with Crippen LogP contribution in [0.25, 0.3) is 0 Å². The van der Waals surface area contributed by atoms with E-state index in [1.807, 2.05) is 6.07 Å². The van der Waals surface area contributed by atoms with Gasteiger partial charge in [-0.25, -0.2) is 10.4 Å². The molecule has 0 radical (unpaired) electrons. The van der Waals surface area contributed by atoms with Crippen molar-refractivity contribution in [3.63, 3.8) is 0 Å². The molecule has 2 rings (SSSR count). The van der Waals surface area contributed by atoms with E-state index in [-0.39, 0.29) is 6.04 Å². The number of nitrogens with zero attached hydrogens (tertiary/aromatic N) is 1. The number of furan rings is 1. The third kappa shape index (κ3) is 3.52. The maximum Gasteiger partial charge on any atom is 0.183 e. The van der Waals surface area contributed by atoms with E-state index in [4.69, 9.17) is 14.9 Å². The molecular weight excluding hydrogens is 354 g/mol. The lowest BCUT2D eigenvalue weighted by molar-refractivity contribution is 0.00226. The number of rotatable bonds is 4. The van der Waals surface area contributed by atoms with E-state index in [0.29, 0.717) is 11.2 Å². The van der Waals surface area contributed by atoms with Gasteiger partial charge in [-0.15, -0.1) is 0 Å². The van der Waals surface area contributed by atoms with E-state index < -0.39 is 0 Å². The molecule has 1 fully saturated rings. The highest BCUT2D eigenvalue weighted by Gasteiger charge is 2.20. The fourth-order valence-electron chi connectivity index (χ4n) is 1.68. The number of ether oxygens (including phenoxy) is 1. The number of hydrogen-bond donors (Lipinski definition) is 2. The second-order valence-electron chi connectivity index (χ2n) is 3.79. The number of nitrogens with one attached hydrogen (secondary N) is 1. The van der Waals surface area contributed by atoms with Gasteiger partial charge in [0.2, 0.25) is 0 Å². The Morgan fingerprint density at radius 2 is 2.12 bits per heavy atom. The molecule has 96 valence electrons. The van der Waals surface area contributed by atoms with E-state index in [0.717, 1.165) is 36.5 Å². The molecule has 1 aliphatic rings. The normalized spacial score (nSPS) is 19.5. The fourth-order valence-corrected chi connectivity index (χ4v) is 2.29. The lowest BCUT2D eigenvalue weighted by Crippen LogP contribution is -2.48. The molecule has 7 heteroatoms. The van der Waals surface area contributed by atoms with Gasteiger partial charge in [-0.1, -0.05) is 0 Å².